The lowest BCUT2D eigenvalue weighted by Gasteiger charge is -2.20. The Hall–Kier alpha value is -5.05. The summed E-state index contributed by atoms with van der Waals surface area (Å²) in [5, 5.41) is 39.1. The molecule has 7 heterocycles. The van der Waals surface area contributed by atoms with E-state index in [0.29, 0.717) is 39.2 Å². The van der Waals surface area contributed by atoms with Gasteiger partial charge in [0.25, 0.3) is 0 Å². The molecule has 0 fully saturated rings. The van der Waals surface area contributed by atoms with E-state index in [1.807, 2.05) is 52.5 Å². The predicted molar refractivity (Wildman–Crippen MR) is 298 cm³/mol. The molecule has 4 aromatic heterocycles. The highest BCUT2D eigenvalue weighted by molar-refractivity contribution is 5.98. The van der Waals surface area contributed by atoms with Gasteiger partial charge in [-0.3, -0.25) is 14.7 Å². The Kier molecular flexibility index (Phi) is 26.5. The number of rotatable bonds is 7. The number of hydrogen-bond donors (Lipinski definition) is 1. The molecule has 15 heteroatoms. The molecule has 0 bridgehead atoms. The average molecular weight is 986 g/mol. The van der Waals surface area contributed by atoms with Gasteiger partial charge in [0.15, 0.2) is 0 Å². The average Bonchev–Trinajstić information content (AvgIpc) is 4.01. The van der Waals surface area contributed by atoms with E-state index in [1.54, 1.807) is 17.2 Å². The van der Waals surface area contributed by atoms with Gasteiger partial charge in [-0.15, -0.1) is 0 Å². The molecule has 7 rings (SSSR count). The van der Waals surface area contributed by atoms with Gasteiger partial charge in [-0.05, 0) is 81.4 Å². The lowest BCUT2D eigenvalue weighted by Crippen LogP contribution is -2.26. The normalized spacial score (nSPS) is 15.6. The standard InChI is InChI=1S/C9H15NO.C9H15N.3C8H14N2.C7H15N3.C7H13N3/c1-7-5-8(10-11-7)6-9(2,3)4;1-9(2,3)8-10-6-4-5-7-10;1-8(2,3)6-7-4-5-9-10-7;2*1-8(2,3)7-10-6-4-5-9-10;1-7(2,3)4-6-8-5-9-10-6;1-7(2,3)6-10-8-4-5-9-10/h1,5-6H2,2-4H3;4-7H,8H2,1-3H3;5H,4,6H2,1-3H3;2*4-6H,7H2,1-3H3;6,8H,4-5H2,1-3H3;4-5H,6H2,1-3H3. The molecule has 3 aliphatic heterocycles. The number of azo groups is 1. The maximum Gasteiger partial charge on any atom is 0.133 e. The molecular weight excluding hydrogens is 885 g/mol. The summed E-state index contributed by atoms with van der Waals surface area (Å²) in [7, 11) is 0. The Bertz CT molecular complexity index is 1910. The maximum atomic E-state index is 4.90. The molecule has 1 atom stereocenters. The summed E-state index contributed by atoms with van der Waals surface area (Å²) in [5.74, 6) is 0.768. The van der Waals surface area contributed by atoms with Gasteiger partial charge < -0.3 is 9.40 Å². The van der Waals surface area contributed by atoms with Crippen molar-refractivity contribution >= 4 is 17.6 Å². The first-order chi connectivity index (χ1) is 32.4. The molecule has 0 radical (unpaired) electrons. The zero-order valence-corrected chi connectivity index (χ0v) is 48.6. The molecule has 4 aromatic rings. The maximum absolute atomic E-state index is 4.90. The van der Waals surface area contributed by atoms with Gasteiger partial charge in [-0.2, -0.15) is 45.6 Å². The van der Waals surface area contributed by atoms with Gasteiger partial charge in [0.05, 0.1) is 24.7 Å². The van der Waals surface area contributed by atoms with Crippen LogP contribution in [-0.2, 0) is 31.0 Å². The van der Waals surface area contributed by atoms with E-state index in [2.05, 4.69) is 232 Å². The molecular formula is C56H100N14O. The van der Waals surface area contributed by atoms with Crippen LogP contribution in [0.5, 0.6) is 0 Å². The van der Waals surface area contributed by atoms with Gasteiger partial charge in [0.1, 0.15) is 18.6 Å². The molecule has 0 spiro atoms. The summed E-state index contributed by atoms with van der Waals surface area (Å²) in [4.78, 5) is 6.61. The SMILES string of the molecule is C=C1CC(CC(C)(C)C)=NO1.CC(C)(C)CC1=NN=CC1.CC(C)(C)CC1N=NCN1.CC(C)(C)Cn1cccc1.CC(C)(C)Cn1cccn1.CC(C)(C)Cn1cccn1.CC(C)(C)Cn1nccn1. The van der Waals surface area contributed by atoms with E-state index in [4.69, 9.17) is 4.84 Å². The Morgan fingerprint density at radius 2 is 1.03 bits per heavy atom. The van der Waals surface area contributed by atoms with Crippen molar-refractivity contribution in [1.82, 2.24) is 44.4 Å². The van der Waals surface area contributed by atoms with Crippen LogP contribution >= 0.6 is 0 Å². The van der Waals surface area contributed by atoms with Gasteiger partial charge in [0, 0.05) is 81.6 Å². The second kappa shape index (κ2) is 29.5. The predicted octanol–water partition coefficient (Wildman–Crippen LogP) is 14.4. The summed E-state index contributed by atoms with van der Waals surface area (Å²) in [6, 6.07) is 8.02. The van der Waals surface area contributed by atoms with Crippen LogP contribution in [-0.4, -0.2) is 69.6 Å². The lowest BCUT2D eigenvalue weighted by molar-refractivity contribution is 0.245. The number of allylic oxidation sites excluding steroid dienone is 1. The largest absolute Gasteiger partial charge is 0.362 e. The second-order valence-corrected chi connectivity index (χ2v) is 27.1. The van der Waals surface area contributed by atoms with Crippen molar-refractivity contribution in [1.29, 1.82) is 0 Å². The van der Waals surface area contributed by atoms with Crippen LogP contribution in [0.4, 0.5) is 0 Å². The first-order valence-electron chi connectivity index (χ1n) is 25.4. The smallest absolute Gasteiger partial charge is 0.133 e. The third-order valence-electron chi connectivity index (χ3n) is 9.00. The highest BCUT2D eigenvalue weighted by atomic mass is 16.6. The van der Waals surface area contributed by atoms with Gasteiger partial charge in [-0.1, -0.05) is 157 Å². The van der Waals surface area contributed by atoms with E-state index < -0.39 is 0 Å². The molecule has 71 heavy (non-hydrogen) atoms. The van der Waals surface area contributed by atoms with Crippen LogP contribution < -0.4 is 5.32 Å². The summed E-state index contributed by atoms with van der Waals surface area (Å²) < 4.78 is 6.12. The van der Waals surface area contributed by atoms with Gasteiger partial charge >= 0.3 is 0 Å². The van der Waals surface area contributed by atoms with E-state index in [9.17, 15) is 0 Å². The van der Waals surface area contributed by atoms with Crippen molar-refractivity contribution < 1.29 is 4.84 Å². The van der Waals surface area contributed by atoms with Crippen molar-refractivity contribution in [3.63, 3.8) is 0 Å². The molecule has 1 N–H and O–H groups in total. The van der Waals surface area contributed by atoms with E-state index >= 15 is 0 Å². The highest BCUT2D eigenvalue weighted by Crippen LogP contribution is 2.26. The Balaban J connectivity index is 0.000000414. The minimum absolute atomic E-state index is 0.263. The fraction of sp³-hybridized carbons (Fsp3) is 0.696. The molecule has 3 aliphatic rings. The molecule has 0 saturated heterocycles. The molecule has 400 valence electrons. The fourth-order valence-corrected chi connectivity index (χ4v) is 6.71. The number of oxime groups is 1. The fourth-order valence-electron chi connectivity index (χ4n) is 6.71. The number of nitrogens with one attached hydrogen (secondary N) is 1. The Labute approximate surface area is 431 Å². The summed E-state index contributed by atoms with van der Waals surface area (Å²) in [5.41, 5.74) is 4.63. The molecule has 1 unspecified atom stereocenters. The van der Waals surface area contributed by atoms with Crippen molar-refractivity contribution in [3.8, 4) is 0 Å². The van der Waals surface area contributed by atoms with Crippen LogP contribution in [0.3, 0.4) is 0 Å². The zero-order chi connectivity index (χ0) is 54.2. The van der Waals surface area contributed by atoms with Crippen LogP contribution in [0.25, 0.3) is 0 Å². The quantitative estimate of drug-likeness (QED) is 0.194. The Morgan fingerprint density at radius 1 is 0.549 bits per heavy atom. The Morgan fingerprint density at radius 3 is 1.37 bits per heavy atom. The van der Waals surface area contributed by atoms with Crippen LogP contribution in [0, 0.1) is 37.9 Å². The second-order valence-electron chi connectivity index (χ2n) is 27.1. The molecule has 0 saturated carbocycles. The van der Waals surface area contributed by atoms with Crippen molar-refractivity contribution in [2.45, 2.75) is 210 Å². The summed E-state index contributed by atoms with van der Waals surface area (Å²) in [6.45, 7) is 54.6. The third-order valence-corrected chi connectivity index (χ3v) is 9.00. The molecule has 15 nitrogen and oxygen atoms in total. The van der Waals surface area contributed by atoms with Crippen molar-refractivity contribution in [2.24, 2.45) is 63.5 Å². The summed E-state index contributed by atoms with van der Waals surface area (Å²) in [6.07, 6.45) is 22.2. The minimum atomic E-state index is 0.263. The number of aromatic nitrogens is 8. The third kappa shape index (κ3) is 39.3. The molecule has 0 aliphatic carbocycles. The molecule has 0 aromatic carbocycles. The number of nitrogens with zero attached hydrogens (tertiary/aromatic N) is 13. The minimum Gasteiger partial charge on any atom is -0.362 e. The summed E-state index contributed by atoms with van der Waals surface area (Å²) >= 11 is 0. The molecule has 0 amide bonds. The van der Waals surface area contributed by atoms with Gasteiger partial charge in [-0.25, -0.2) is 0 Å². The van der Waals surface area contributed by atoms with E-state index in [1.165, 1.54) is 5.71 Å². The zero-order valence-electron chi connectivity index (χ0n) is 48.6. The van der Waals surface area contributed by atoms with Gasteiger partial charge in [0.2, 0.25) is 0 Å². The monoisotopic (exact) mass is 985 g/mol. The lowest BCUT2D eigenvalue weighted by atomic mass is 9.89. The highest BCUT2D eigenvalue weighted by Gasteiger charge is 2.21. The number of hydrogen-bond acceptors (Lipinski definition) is 11. The van der Waals surface area contributed by atoms with Crippen molar-refractivity contribution in [3.05, 3.63) is 86.2 Å². The first-order valence-corrected chi connectivity index (χ1v) is 25.4. The van der Waals surface area contributed by atoms with Crippen LogP contribution in [0.1, 0.15) is 178 Å². The van der Waals surface area contributed by atoms with Crippen LogP contribution in [0.2, 0.25) is 0 Å². The first kappa shape index (κ1) is 64.0. The van der Waals surface area contributed by atoms with Crippen molar-refractivity contribution in [2.75, 3.05) is 6.67 Å². The van der Waals surface area contributed by atoms with E-state index in [0.717, 1.165) is 69.8 Å². The van der Waals surface area contributed by atoms with Crippen LogP contribution in [0.15, 0.2) is 112 Å². The van der Waals surface area contributed by atoms with E-state index in [-0.39, 0.29) is 11.6 Å². The topological polar surface area (TPSA) is 154 Å².